The van der Waals surface area contributed by atoms with Gasteiger partial charge in [-0.25, -0.2) is 0 Å². The first-order valence-corrected chi connectivity index (χ1v) is 8.64. The predicted molar refractivity (Wildman–Crippen MR) is 98.9 cm³/mol. The molecule has 0 saturated carbocycles. The summed E-state index contributed by atoms with van der Waals surface area (Å²) >= 11 is 1.62. The molecule has 1 amide bonds. The Labute approximate surface area is 142 Å². The van der Waals surface area contributed by atoms with Crippen LogP contribution >= 0.6 is 11.3 Å². The van der Waals surface area contributed by atoms with Crippen LogP contribution in [-0.4, -0.2) is 30.9 Å². The number of carbonyl (C=O) groups is 1. The molecule has 4 nitrogen and oxygen atoms in total. The number of nitrogen functional groups attached to an aromatic ring is 1. The molecule has 124 valence electrons. The van der Waals surface area contributed by atoms with Gasteiger partial charge in [0.05, 0.1) is 6.42 Å². The number of hydrogen-bond acceptors (Lipinski definition) is 4. The average molecular weight is 331 g/mol. The second-order valence-corrected chi connectivity index (χ2v) is 7.19. The van der Waals surface area contributed by atoms with Gasteiger partial charge in [0.15, 0.2) is 0 Å². The van der Waals surface area contributed by atoms with E-state index in [1.54, 1.807) is 11.3 Å². The Hall–Kier alpha value is -2.01. The van der Waals surface area contributed by atoms with Crippen molar-refractivity contribution in [1.82, 2.24) is 4.90 Å². The fraction of sp³-hybridized carbons (Fsp3) is 0.389. The minimum Gasteiger partial charge on any atom is -0.399 e. The second-order valence-electron chi connectivity index (χ2n) is 6.15. The van der Waals surface area contributed by atoms with Gasteiger partial charge in [0, 0.05) is 42.9 Å². The van der Waals surface area contributed by atoms with Gasteiger partial charge in [0.25, 0.3) is 0 Å². The van der Waals surface area contributed by atoms with Crippen LogP contribution in [0.25, 0.3) is 0 Å². The number of thiophene rings is 1. The molecular weight excluding hydrogens is 306 g/mol. The number of hydrogen-bond donors (Lipinski definition) is 1. The molecule has 0 bridgehead atoms. The lowest BCUT2D eigenvalue weighted by Crippen LogP contribution is -2.37. The summed E-state index contributed by atoms with van der Waals surface area (Å²) in [5.74, 6) is 0.148. The largest absolute Gasteiger partial charge is 0.399 e. The molecule has 1 heterocycles. The predicted octanol–water partition coefficient (Wildman–Crippen LogP) is 3.38. The van der Waals surface area contributed by atoms with Crippen molar-refractivity contribution in [2.45, 2.75) is 32.9 Å². The SMILES string of the molecule is CC(C)N(Cc1cc(N)ccc1N(C)C)C(=O)Cc1cccs1. The highest BCUT2D eigenvalue weighted by molar-refractivity contribution is 7.10. The monoisotopic (exact) mass is 331 g/mol. The highest BCUT2D eigenvalue weighted by atomic mass is 32.1. The van der Waals surface area contributed by atoms with Crippen molar-refractivity contribution >= 4 is 28.6 Å². The maximum Gasteiger partial charge on any atom is 0.228 e. The molecule has 0 atom stereocenters. The normalized spacial score (nSPS) is 10.8. The minimum absolute atomic E-state index is 0.138. The molecule has 0 fully saturated rings. The van der Waals surface area contributed by atoms with E-state index in [4.69, 9.17) is 5.73 Å². The molecule has 1 aromatic carbocycles. The molecule has 2 aromatic rings. The summed E-state index contributed by atoms with van der Waals surface area (Å²) in [5.41, 5.74) is 8.83. The summed E-state index contributed by atoms with van der Waals surface area (Å²) in [6, 6.07) is 9.99. The molecule has 0 aliphatic rings. The van der Waals surface area contributed by atoms with E-state index in [-0.39, 0.29) is 11.9 Å². The molecule has 0 spiro atoms. The standard InChI is InChI=1S/C18H25N3OS/c1-13(2)21(18(22)11-16-6-5-9-23-16)12-14-10-15(19)7-8-17(14)20(3)4/h5-10,13H,11-12,19H2,1-4H3. The van der Waals surface area contributed by atoms with Crippen LogP contribution in [0.2, 0.25) is 0 Å². The van der Waals surface area contributed by atoms with E-state index in [0.29, 0.717) is 13.0 Å². The van der Waals surface area contributed by atoms with Crippen LogP contribution in [0.5, 0.6) is 0 Å². The summed E-state index contributed by atoms with van der Waals surface area (Å²) in [6.45, 7) is 4.67. The van der Waals surface area contributed by atoms with Crippen LogP contribution in [0.3, 0.4) is 0 Å². The van der Waals surface area contributed by atoms with Crippen molar-refractivity contribution in [3.8, 4) is 0 Å². The van der Waals surface area contributed by atoms with Crippen molar-refractivity contribution in [2.24, 2.45) is 0 Å². The van der Waals surface area contributed by atoms with Crippen LogP contribution in [0.15, 0.2) is 35.7 Å². The van der Waals surface area contributed by atoms with Gasteiger partial charge in [-0.05, 0) is 49.1 Å². The lowest BCUT2D eigenvalue weighted by molar-refractivity contribution is -0.132. The summed E-state index contributed by atoms with van der Waals surface area (Å²) in [6.07, 6.45) is 0.454. The van der Waals surface area contributed by atoms with Gasteiger partial charge in [-0.2, -0.15) is 0 Å². The van der Waals surface area contributed by atoms with E-state index >= 15 is 0 Å². The molecular formula is C18H25N3OS. The third kappa shape index (κ3) is 4.48. The lowest BCUT2D eigenvalue weighted by atomic mass is 10.1. The van der Waals surface area contributed by atoms with Crippen molar-refractivity contribution in [3.05, 3.63) is 46.2 Å². The summed E-state index contributed by atoms with van der Waals surface area (Å²) in [4.78, 5) is 17.8. The zero-order valence-corrected chi connectivity index (χ0v) is 15.1. The molecule has 23 heavy (non-hydrogen) atoms. The quantitative estimate of drug-likeness (QED) is 0.826. The van der Waals surface area contributed by atoms with E-state index in [0.717, 1.165) is 21.8 Å². The van der Waals surface area contributed by atoms with Crippen molar-refractivity contribution in [3.63, 3.8) is 0 Å². The molecule has 2 rings (SSSR count). The van der Waals surface area contributed by atoms with E-state index in [1.165, 1.54) is 0 Å². The van der Waals surface area contributed by atoms with Gasteiger partial charge < -0.3 is 15.5 Å². The third-order valence-electron chi connectivity index (χ3n) is 3.78. The van der Waals surface area contributed by atoms with E-state index in [2.05, 4.69) is 4.90 Å². The third-order valence-corrected chi connectivity index (χ3v) is 4.65. The van der Waals surface area contributed by atoms with Gasteiger partial charge in [-0.3, -0.25) is 4.79 Å². The number of amides is 1. The summed E-state index contributed by atoms with van der Waals surface area (Å²) < 4.78 is 0. The topological polar surface area (TPSA) is 49.6 Å². The van der Waals surface area contributed by atoms with E-state index in [1.807, 2.05) is 68.6 Å². The van der Waals surface area contributed by atoms with Gasteiger partial charge in [-0.15, -0.1) is 11.3 Å². The number of carbonyl (C=O) groups excluding carboxylic acids is 1. The van der Waals surface area contributed by atoms with Gasteiger partial charge in [0.2, 0.25) is 5.91 Å². The van der Waals surface area contributed by atoms with Crippen molar-refractivity contribution in [2.75, 3.05) is 24.7 Å². The van der Waals surface area contributed by atoms with Crippen molar-refractivity contribution < 1.29 is 4.79 Å². The number of rotatable bonds is 6. The number of benzene rings is 1. The molecule has 0 aliphatic heterocycles. The highest BCUT2D eigenvalue weighted by Gasteiger charge is 2.20. The minimum atomic E-state index is 0.138. The molecule has 0 radical (unpaired) electrons. The number of nitrogens with zero attached hydrogens (tertiary/aromatic N) is 2. The van der Waals surface area contributed by atoms with Gasteiger partial charge >= 0.3 is 0 Å². The van der Waals surface area contributed by atoms with Gasteiger partial charge in [0.1, 0.15) is 0 Å². The Morgan fingerprint density at radius 3 is 2.57 bits per heavy atom. The van der Waals surface area contributed by atoms with Crippen LogP contribution in [-0.2, 0) is 17.8 Å². The summed E-state index contributed by atoms with van der Waals surface area (Å²) in [5, 5.41) is 2.00. The first kappa shape index (κ1) is 17.3. The second kappa shape index (κ2) is 7.51. The first-order chi connectivity index (χ1) is 10.9. The molecule has 2 N–H and O–H groups in total. The molecule has 0 aliphatic carbocycles. The lowest BCUT2D eigenvalue weighted by Gasteiger charge is -2.29. The fourth-order valence-electron chi connectivity index (χ4n) is 2.57. The van der Waals surface area contributed by atoms with E-state index < -0.39 is 0 Å². The molecule has 0 saturated heterocycles. The Morgan fingerprint density at radius 2 is 2.00 bits per heavy atom. The molecule has 1 aromatic heterocycles. The molecule has 5 heteroatoms. The van der Waals surface area contributed by atoms with Crippen LogP contribution in [0.1, 0.15) is 24.3 Å². The summed E-state index contributed by atoms with van der Waals surface area (Å²) in [7, 11) is 4.00. The number of anilines is 2. The number of nitrogens with two attached hydrogens (primary N) is 1. The Bertz CT molecular complexity index is 650. The maximum atomic E-state index is 12.7. The van der Waals surface area contributed by atoms with Crippen LogP contribution < -0.4 is 10.6 Å². The average Bonchev–Trinajstić information content (AvgIpc) is 2.96. The Kier molecular flexibility index (Phi) is 5.66. The van der Waals surface area contributed by atoms with Crippen molar-refractivity contribution in [1.29, 1.82) is 0 Å². The zero-order chi connectivity index (χ0) is 17.0. The maximum absolute atomic E-state index is 12.7. The van der Waals surface area contributed by atoms with E-state index in [9.17, 15) is 4.79 Å². The Balaban J connectivity index is 2.22. The zero-order valence-electron chi connectivity index (χ0n) is 14.2. The first-order valence-electron chi connectivity index (χ1n) is 7.76. The smallest absolute Gasteiger partial charge is 0.228 e. The Morgan fingerprint density at radius 1 is 1.26 bits per heavy atom. The van der Waals surface area contributed by atoms with Gasteiger partial charge in [-0.1, -0.05) is 6.07 Å². The molecule has 0 unspecified atom stereocenters. The fourth-order valence-corrected chi connectivity index (χ4v) is 3.27. The van der Waals surface area contributed by atoms with Crippen LogP contribution in [0, 0.1) is 0 Å². The van der Waals surface area contributed by atoms with Crippen LogP contribution in [0.4, 0.5) is 11.4 Å². The highest BCUT2D eigenvalue weighted by Crippen LogP contribution is 2.24.